The minimum absolute atomic E-state index is 0.117. The molecule has 4 aromatic rings. The maximum atomic E-state index is 13.0. The molecule has 192 valence electrons. The number of carboxylic acid groups (broad SMARTS) is 1. The Labute approximate surface area is 219 Å². The fourth-order valence-corrected chi connectivity index (χ4v) is 5.43. The van der Waals surface area contributed by atoms with Crippen LogP contribution < -0.4 is 5.32 Å². The first kappa shape index (κ1) is 25.2. The summed E-state index contributed by atoms with van der Waals surface area (Å²) < 4.78 is 15.1. The number of hydrogen-bond donors (Lipinski definition) is 2. The summed E-state index contributed by atoms with van der Waals surface area (Å²) in [5, 5.41) is 13.3. The van der Waals surface area contributed by atoms with Gasteiger partial charge in [-0.2, -0.15) is 3.89 Å². The molecule has 1 atom stereocenters. The van der Waals surface area contributed by atoms with Crippen molar-refractivity contribution in [1.82, 2.24) is 19.5 Å². The quantitative estimate of drug-likeness (QED) is 0.261. The van der Waals surface area contributed by atoms with Gasteiger partial charge in [-0.3, -0.25) is 0 Å². The zero-order valence-electron chi connectivity index (χ0n) is 20.9. The highest BCUT2D eigenvalue weighted by Crippen LogP contribution is 2.33. The second kappa shape index (κ2) is 10.9. The third-order valence-electron chi connectivity index (χ3n) is 7.15. The number of nitrogens with one attached hydrogen (secondary N) is 1. The maximum absolute atomic E-state index is 13.0. The molecule has 0 radical (unpaired) electrons. The van der Waals surface area contributed by atoms with Crippen LogP contribution in [0.5, 0.6) is 0 Å². The Bertz CT molecular complexity index is 1420. The van der Waals surface area contributed by atoms with Crippen molar-refractivity contribution in [1.29, 1.82) is 0 Å². The number of fused-ring (bicyclic) bond motifs is 1. The number of anilines is 1. The molecule has 0 spiro atoms. The molecule has 0 amide bonds. The molecule has 1 aliphatic rings. The maximum Gasteiger partial charge on any atom is 0.374 e. The summed E-state index contributed by atoms with van der Waals surface area (Å²) in [7, 11) is 0. The first-order chi connectivity index (χ1) is 17.9. The van der Waals surface area contributed by atoms with Crippen molar-refractivity contribution in [3.63, 3.8) is 0 Å². The number of aryl methyl sites for hydroxylation is 1. The zero-order chi connectivity index (χ0) is 25.9. The number of benzene rings is 2. The van der Waals surface area contributed by atoms with E-state index in [4.69, 9.17) is 4.98 Å². The number of carboxylic acids is 1. The molecule has 5 rings (SSSR count). The van der Waals surface area contributed by atoms with E-state index in [0.29, 0.717) is 40.2 Å². The van der Waals surface area contributed by atoms with Crippen molar-refractivity contribution in [2.45, 2.75) is 63.4 Å². The molecule has 9 heteroatoms. The first-order valence-electron chi connectivity index (χ1n) is 12.7. The van der Waals surface area contributed by atoms with Crippen LogP contribution in [-0.4, -0.2) is 36.6 Å². The van der Waals surface area contributed by atoms with Crippen LogP contribution in [0.1, 0.15) is 60.8 Å². The van der Waals surface area contributed by atoms with E-state index in [1.54, 1.807) is 12.1 Å². The van der Waals surface area contributed by atoms with Gasteiger partial charge in [0.2, 0.25) is 5.82 Å². The van der Waals surface area contributed by atoms with Crippen molar-refractivity contribution in [2.24, 2.45) is 5.92 Å². The Morgan fingerprint density at radius 3 is 2.57 bits per heavy atom. The summed E-state index contributed by atoms with van der Waals surface area (Å²) in [4.78, 5) is 26.1. The van der Waals surface area contributed by atoms with Gasteiger partial charge in [-0.15, -0.1) is 0 Å². The van der Waals surface area contributed by atoms with Gasteiger partial charge < -0.3 is 15.0 Å². The highest BCUT2D eigenvalue weighted by Gasteiger charge is 2.25. The summed E-state index contributed by atoms with van der Waals surface area (Å²) in [5.74, 6) is 0.165. The molecular formula is C28H30FN5O2S. The van der Waals surface area contributed by atoms with Crippen LogP contribution in [0.25, 0.3) is 22.6 Å². The lowest BCUT2D eigenvalue weighted by Gasteiger charge is -2.29. The Morgan fingerprint density at radius 1 is 1.14 bits per heavy atom. The lowest BCUT2D eigenvalue weighted by atomic mass is 9.84. The lowest BCUT2D eigenvalue weighted by Crippen LogP contribution is -2.28. The summed E-state index contributed by atoms with van der Waals surface area (Å²) in [5.41, 5.74) is 3.94. The molecule has 37 heavy (non-hydrogen) atoms. The topological polar surface area (TPSA) is 92.9 Å². The Balaban J connectivity index is 1.67. The molecule has 1 saturated carbocycles. The van der Waals surface area contributed by atoms with Crippen molar-refractivity contribution < 1.29 is 13.8 Å². The van der Waals surface area contributed by atoms with Gasteiger partial charge >= 0.3 is 5.97 Å². The van der Waals surface area contributed by atoms with Gasteiger partial charge in [0.25, 0.3) is 0 Å². The van der Waals surface area contributed by atoms with E-state index in [1.807, 2.05) is 47.9 Å². The standard InChI is InChI=1S/C28H30FN5O2S/c1-17-7-6-10-21(15-17)27-33-25-23(34(27)16-19-11-13-22(37-29)14-12-19)24(31-26(32-25)28(35)36)30-18(2)20-8-4-3-5-9-20/h6-7,10-15,18,20H,3-5,8-9,16H2,1-2H3,(H,35,36)(H,30,31,32)/t18-/m1/s1. The molecule has 2 aromatic heterocycles. The van der Waals surface area contributed by atoms with Crippen molar-refractivity contribution >= 4 is 35.1 Å². The van der Waals surface area contributed by atoms with Crippen LogP contribution in [0.3, 0.4) is 0 Å². The normalized spacial score (nSPS) is 15.1. The molecular weight excluding hydrogens is 489 g/mol. The fraction of sp³-hybridized carbons (Fsp3) is 0.357. The SMILES string of the molecule is Cc1cccc(-c2nc3nc(C(=O)O)nc(N[C@H](C)C4CCCCC4)c3n2Cc2ccc(SF)cc2)c1. The molecule has 0 aliphatic heterocycles. The number of halogens is 1. The predicted octanol–water partition coefficient (Wildman–Crippen LogP) is 6.91. The third-order valence-corrected chi connectivity index (χ3v) is 7.60. The number of aromatic carboxylic acids is 1. The molecule has 1 fully saturated rings. The van der Waals surface area contributed by atoms with E-state index in [-0.39, 0.29) is 24.0 Å². The van der Waals surface area contributed by atoms with E-state index in [0.717, 1.165) is 29.5 Å². The van der Waals surface area contributed by atoms with Crippen molar-refractivity contribution in [2.75, 3.05) is 5.32 Å². The summed E-state index contributed by atoms with van der Waals surface area (Å²) in [6, 6.07) is 15.4. The number of rotatable bonds is 8. The van der Waals surface area contributed by atoms with Gasteiger partial charge in [-0.05, 0) is 56.4 Å². The molecule has 2 heterocycles. The number of hydrogen-bond acceptors (Lipinski definition) is 6. The van der Waals surface area contributed by atoms with Crippen LogP contribution in [0.4, 0.5) is 9.70 Å². The van der Waals surface area contributed by atoms with Crippen LogP contribution in [0.2, 0.25) is 0 Å². The number of nitrogens with zero attached hydrogens (tertiary/aromatic N) is 4. The molecule has 2 N–H and O–H groups in total. The lowest BCUT2D eigenvalue weighted by molar-refractivity contribution is 0.0684. The van der Waals surface area contributed by atoms with E-state index in [9.17, 15) is 13.8 Å². The van der Waals surface area contributed by atoms with Crippen LogP contribution in [0.15, 0.2) is 53.4 Å². The smallest absolute Gasteiger partial charge is 0.374 e. The van der Waals surface area contributed by atoms with E-state index >= 15 is 0 Å². The fourth-order valence-electron chi connectivity index (χ4n) is 5.19. The Hall–Kier alpha value is -3.46. The van der Waals surface area contributed by atoms with Crippen LogP contribution in [-0.2, 0) is 6.54 Å². The second-order valence-corrected chi connectivity index (χ2v) is 10.4. The minimum Gasteiger partial charge on any atom is -0.475 e. The van der Waals surface area contributed by atoms with Gasteiger partial charge in [-0.25, -0.2) is 19.7 Å². The molecule has 7 nitrogen and oxygen atoms in total. The largest absolute Gasteiger partial charge is 0.475 e. The molecule has 0 bridgehead atoms. The molecule has 0 unspecified atom stereocenters. The molecule has 2 aromatic carbocycles. The van der Waals surface area contributed by atoms with Crippen molar-refractivity contribution in [3.8, 4) is 11.4 Å². The van der Waals surface area contributed by atoms with Crippen molar-refractivity contribution in [3.05, 3.63) is 65.5 Å². The van der Waals surface area contributed by atoms with Crippen LogP contribution >= 0.6 is 12.1 Å². The van der Waals surface area contributed by atoms with E-state index < -0.39 is 5.97 Å². The summed E-state index contributed by atoms with van der Waals surface area (Å²) in [6.07, 6.45) is 5.95. The molecule has 1 aliphatic carbocycles. The third kappa shape index (κ3) is 5.46. The Kier molecular flexibility index (Phi) is 7.41. The van der Waals surface area contributed by atoms with Gasteiger partial charge in [0.1, 0.15) is 11.3 Å². The zero-order valence-corrected chi connectivity index (χ0v) is 21.8. The van der Waals surface area contributed by atoms with Gasteiger partial charge in [-0.1, -0.05) is 55.2 Å². The average molecular weight is 520 g/mol. The van der Waals surface area contributed by atoms with Gasteiger partial charge in [0.15, 0.2) is 11.5 Å². The average Bonchev–Trinajstić information content (AvgIpc) is 3.28. The summed E-state index contributed by atoms with van der Waals surface area (Å²) in [6.45, 7) is 4.60. The highest BCUT2D eigenvalue weighted by molar-refractivity contribution is 7.94. The number of carbonyl (C=O) groups is 1. The summed E-state index contributed by atoms with van der Waals surface area (Å²) >= 11 is 0.212. The van der Waals surface area contributed by atoms with Gasteiger partial charge in [0, 0.05) is 23.0 Å². The van der Waals surface area contributed by atoms with E-state index in [1.165, 1.54) is 19.3 Å². The monoisotopic (exact) mass is 519 g/mol. The highest BCUT2D eigenvalue weighted by atomic mass is 32.2. The number of imidazole rings is 1. The molecule has 0 saturated heterocycles. The minimum atomic E-state index is -1.19. The number of aromatic nitrogens is 4. The Morgan fingerprint density at radius 2 is 1.89 bits per heavy atom. The van der Waals surface area contributed by atoms with Crippen LogP contribution in [0, 0.1) is 12.8 Å². The van der Waals surface area contributed by atoms with E-state index in [2.05, 4.69) is 22.2 Å². The van der Waals surface area contributed by atoms with Gasteiger partial charge in [0.05, 0.1) is 12.1 Å². The first-order valence-corrected chi connectivity index (χ1v) is 13.4. The second-order valence-electron chi connectivity index (χ2n) is 9.82. The predicted molar refractivity (Wildman–Crippen MR) is 145 cm³/mol.